The number of anilines is 1. The lowest BCUT2D eigenvalue weighted by Gasteiger charge is -2.23. The number of nitrogen functional groups attached to an aromatic ring is 1. The van der Waals surface area contributed by atoms with E-state index in [0.29, 0.717) is 18.3 Å². The molecule has 4 aromatic rings. The molecule has 1 unspecified atom stereocenters. The number of nitrogens with two attached hydrogens (primary N) is 1. The fourth-order valence-electron chi connectivity index (χ4n) is 3.58. The normalized spacial score (nSPS) is 14.9. The molecule has 0 spiro atoms. The molecule has 3 heterocycles. The van der Waals surface area contributed by atoms with Crippen LogP contribution in [0.25, 0.3) is 22.2 Å². The number of carbonyl (C=O) groups is 1. The van der Waals surface area contributed by atoms with E-state index in [1.807, 2.05) is 48.5 Å². The lowest BCUT2D eigenvalue weighted by molar-refractivity contribution is -0.192. The zero-order valence-corrected chi connectivity index (χ0v) is 18.4. The Balaban J connectivity index is 0.000000364. The van der Waals surface area contributed by atoms with Gasteiger partial charge in [0.05, 0.1) is 13.0 Å². The number of rotatable bonds is 3. The smallest absolute Gasteiger partial charge is 0.490 e. The second-order valence-corrected chi connectivity index (χ2v) is 7.69. The minimum atomic E-state index is -5.08. The van der Waals surface area contributed by atoms with E-state index in [0.717, 1.165) is 45.7 Å². The van der Waals surface area contributed by atoms with Crippen LogP contribution in [0.3, 0.4) is 0 Å². The topological polar surface area (TPSA) is 121 Å². The van der Waals surface area contributed by atoms with Crippen LogP contribution < -0.4 is 15.2 Å². The first-order valence-electron chi connectivity index (χ1n) is 10.4. The minimum absolute atomic E-state index is 0.0621. The minimum Gasteiger partial charge on any atom is -0.497 e. The third-order valence-electron chi connectivity index (χ3n) is 5.29. The van der Waals surface area contributed by atoms with Gasteiger partial charge in [-0.1, -0.05) is 6.07 Å². The third kappa shape index (κ3) is 5.45. The number of carboxylic acid groups (broad SMARTS) is 1. The van der Waals surface area contributed by atoms with Gasteiger partial charge < -0.3 is 24.7 Å². The molecule has 0 radical (unpaired) electrons. The Morgan fingerprint density at radius 2 is 1.89 bits per heavy atom. The van der Waals surface area contributed by atoms with Crippen molar-refractivity contribution in [3.8, 4) is 22.6 Å². The van der Waals surface area contributed by atoms with Gasteiger partial charge in [0, 0.05) is 6.20 Å². The lowest BCUT2D eigenvalue weighted by Crippen LogP contribution is -2.21. The van der Waals surface area contributed by atoms with Gasteiger partial charge in [0.25, 0.3) is 0 Å². The van der Waals surface area contributed by atoms with Gasteiger partial charge in [0.2, 0.25) is 5.89 Å². The van der Waals surface area contributed by atoms with E-state index in [-0.39, 0.29) is 5.92 Å². The molecular formula is C24H20F3N3O5. The maximum absolute atomic E-state index is 10.6. The number of fused-ring (bicyclic) bond motifs is 2. The zero-order valence-electron chi connectivity index (χ0n) is 18.4. The quantitative estimate of drug-likeness (QED) is 0.422. The van der Waals surface area contributed by atoms with Gasteiger partial charge in [0.1, 0.15) is 29.4 Å². The predicted octanol–water partition coefficient (Wildman–Crippen LogP) is 4.83. The number of methoxy groups -OCH3 is 1. The Morgan fingerprint density at radius 3 is 2.57 bits per heavy atom. The molecule has 0 fully saturated rings. The Morgan fingerprint density at radius 1 is 1.14 bits per heavy atom. The molecule has 2 aromatic heterocycles. The van der Waals surface area contributed by atoms with Crippen molar-refractivity contribution >= 4 is 22.9 Å². The monoisotopic (exact) mass is 487 g/mol. The Hall–Kier alpha value is -4.28. The average molecular weight is 487 g/mol. The van der Waals surface area contributed by atoms with Crippen LogP contribution in [0.1, 0.15) is 17.4 Å². The second-order valence-electron chi connectivity index (χ2n) is 7.69. The van der Waals surface area contributed by atoms with Gasteiger partial charge in [-0.05, 0) is 65.6 Å². The van der Waals surface area contributed by atoms with Crippen LogP contribution in [0.2, 0.25) is 0 Å². The number of hydrogen-bond donors (Lipinski definition) is 2. The van der Waals surface area contributed by atoms with Crippen molar-refractivity contribution in [2.75, 3.05) is 19.5 Å². The molecule has 1 atom stereocenters. The van der Waals surface area contributed by atoms with E-state index in [1.54, 1.807) is 13.3 Å². The van der Waals surface area contributed by atoms with Crippen LogP contribution in [0.15, 0.2) is 59.1 Å². The van der Waals surface area contributed by atoms with Crippen LogP contribution in [0.5, 0.6) is 11.5 Å². The molecule has 1 aliphatic rings. The number of aliphatic carboxylic acids is 1. The van der Waals surface area contributed by atoms with E-state index in [2.05, 4.69) is 9.97 Å². The van der Waals surface area contributed by atoms with E-state index in [1.165, 1.54) is 0 Å². The number of oxazole rings is 1. The summed E-state index contributed by atoms with van der Waals surface area (Å²) in [4.78, 5) is 17.6. The molecule has 8 nitrogen and oxygen atoms in total. The van der Waals surface area contributed by atoms with Gasteiger partial charge in [-0.25, -0.2) is 14.8 Å². The number of nitrogens with zero attached hydrogens (tertiary/aromatic N) is 2. The van der Waals surface area contributed by atoms with Crippen molar-refractivity contribution in [1.29, 1.82) is 0 Å². The van der Waals surface area contributed by atoms with Crippen molar-refractivity contribution in [2.45, 2.75) is 18.5 Å². The molecule has 182 valence electrons. The molecule has 0 saturated carbocycles. The SMILES string of the molecule is COc1ccc2c(c1)CC(c1nc3ccc(-c4ccnc(N)c4)cc3o1)CO2.O=C(O)C(F)(F)F. The number of alkyl halides is 3. The number of pyridine rings is 1. The molecule has 11 heteroatoms. The summed E-state index contributed by atoms with van der Waals surface area (Å²) in [6.45, 7) is 0.542. The molecule has 0 amide bonds. The van der Waals surface area contributed by atoms with Crippen LogP contribution >= 0.6 is 0 Å². The molecule has 0 aliphatic carbocycles. The van der Waals surface area contributed by atoms with Crippen molar-refractivity contribution in [2.24, 2.45) is 0 Å². The van der Waals surface area contributed by atoms with E-state index < -0.39 is 12.1 Å². The first-order valence-corrected chi connectivity index (χ1v) is 10.4. The number of hydrogen-bond acceptors (Lipinski definition) is 7. The summed E-state index contributed by atoms with van der Waals surface area (Å²) in [5.41, 5.74) is 10.5. The van der Waals surface area contributed by atoms with Crippen LogP contribution in [0.4, 0.5) is 19.0 Å². The summed E-state index contributed by atoms with van der Waals surface area (Å²) in [6.07, 6.45) is -2.58. The summed E-state index contributed by atoms with van der Waals surface area (Å²) >= 11 is 0. The molecule has 35 heavy (non-hydrogen) atoms. The van der Waals surface area contributed by atoms with Gasteiger partial charge in [0.15, 0.2) is 5.58 Å². The fraction of sp³-hybridized carbons (Fsp3) is 0.208. The molecule has 0 saturated heterocycles. The van der Waals surface area contributed by atoms with Crippen molar-refractivity contribution in [3.05, 3.63) is 66.2 Å². The summed E-state index contributed by atoms with van der Waals surface area (Å²) in [6, 6.07) is 15.6. The van der Waals surface area contributed by atoms with Crippen LogP contribution in [-0.4, -0.2) is 40.9 Å². The predicted molar refractivity (Wildman–Crippen MR) is 120 cm³/mol. The maximum atomic E-state index is 10.6. The van der Waals surface area contributed by atoms with Crippen LogP contribution in [0, 0.1) is 0 Å². The van der Waals surface area contributed by atoms with Crippen molar-refractivity contribution in [3.63, 3.8) is 0 Å². The third-order valence-corrected chi connectivity index (χ3v) is 5.29. The molecule has 3 N–H and O–H groups in total. The molecule has 1 aliphatic heterocycles. The number of aromatic nitrogens is 2. The van der Waals surface area contributed by atoms with E-state index in [4.69, 9.17) is 29.5 Å². The van der Waals surface area contributed by atoms with E-state index >= 15 is 0 Å². The Kier molecular flexibility index (Phi) is 6.50. The number of ether oxygens (including phenoxy) is 2. The summed E-state index contributed by atoms with van der Waals surface area (Å²) < 4.78 is 49.1. The second kappa shape index (κ2) is 9.53. The van der Waals surface area contributed by atoms with E-state index in [9.17, 15) is 13.2 Å². The molecule has 2 aromatic carbocycles. The van der Waals surface area contributed by atoms with Crippen molar-refractivity contribution < 1.29 is 37.0 Å². The summed E-state index contributed by atoms with van der Waals surface area (Å²) in [5.74, 6) is 0.200. The highest BCUT2D eigenvalue weighted by Crippen LogP contribution is 2.36. The van der Waals surface area contributed by atoms with Gasteiger partial charge in [-0.15, -0.1) is 0 Å². The zero-order chi connectivity index (χ0) is 25.2. The largest absolute Gasteiger partial charge is 0.497 e. The summed E-state index contributed by atoms with van der Waals surface area (Å²) in [7, 11) is 1.66. The first kappa shape index (κ1) is 23.9. The van der Waals surface area contributed by atoms with Crippen LogP contribution in [-0.2, 0) is 11.2 Å². The fourth-order valence-corrected chi connectivity index (χ4v) is 3.58. The van der Waals surface area contributed by atoms with Crippen molar-refractivity contribution in [1.82, 2.24) is 9.97 Å². The van der Waals surface area contributed by atoms with Gasteiger partial charge in [-0.2, -0.15) is 13.2 Å². The standard InChI is InChI=1S/C22H19N3O3.C2HF3O2/c1-26-17-3-5-19-15(9-17)8-16(12-27-19)22-25-18-4-2-13(10-20(18)28-22)14-6-7-24-21(23)11-14;3-2(4,5)1(6)7/h2-7,9-11,16H,8,12H2,1H3,(H2,23,24);(H,6,7). The average Bonchev–Trinajstić information content (AvgIpc) is 3.26. The highest BCUT2D eigenvalue weighted by molar-refractivity contribution is 5.80. The Bertz CT molecular complexity index is 1370. The number of halogens is 3. The molecular weight excluding hydrogens is 467 g/mol. The van der Waals surface area contributed by atoms with Gasteiger partial charge >= 0.3 is 12.1 Å². The number of benzene rings is 2. The highest BCUT2D eigenvalue weighted by Gasteiger charge is 2.38. The Labute approximate surface area is 197 Å². The maximum Gasteiger partial charge on any atom is 0.490 e. The number of carboxylic acids is 1. The first-order chi connectivity index (χ1) is 16.6. The molecule has 0 bridgehead atoms. The molecule has 5 rings (SSSR count). The lowest BCUT2D eigenvalue weighted by atomic mass is 9.96. The summed E-state index contributed by atoms with van der Waals surface area (Å²) in [5, 5.41) is 7.12. The van der Waals surface area contributed by atoms with Gasteiger partial charge in [-0.3, -0.25) is 0 Å². The highest BCUT2D eigenvalue weighted by atomic mass is 19.4.